The number of nitrogens with one attached hydrogen (secondary N) is 1. The average Bonchev–Trinajstić information content (AvgIpc) is 2.89. The molecule has 1 saturated heterocycles. The van der Waals surface area contributed by atoms with Gasteiger partial charge in [-0.3, -0.25) is 0 Å². The van der Waals surface area contributed by atoms with Crippen molar-refractivity contribution in [3.8, 4) is 5.88 Å². The maximum absolute atomic E-state index is 11.8. The Morgan fingerprint density at radius 3 is 3.26 bits per heavy atom. The highest BCUT2D eigenvalue weighted by Gasteiger charge is 2.27. The van der Waals surface area contributed by atoms with Crippen LogP contribution in [0.2, 0.25) is 0 Å². The topological polar surface area (TPSA) is 76.6 Å². The van der Waals surface area contributed by atoms with Crippen molar-refractivity contribution in [1.29, 1.82) is 0 Å². The van der Waals surface area contributed by atoms with Crippen LogP contribution in [-0.2, 0) is 4.74 Å². The summed E-state index contributed by atoms with van der Waals surface area (Å²) in [5.41, 5.74) is 0. The van der Waals surface area contributed by atoms with Crippen molar-refractivity contribution in [2.24, 2.45) is 0 Å². The summed E-state index contributed by atoms with van der Waals surface area (Å²) in [6, 6.07) is 3.45. The molecule has 1 N–H and O–H groups in total. The van der Waals surface area contributed by atoms with Gasteiger partial charge < -0.3 is 19.7 Å². The van der Waals surface area contributed by atoms with E-state index >= 15 is 0 Å². The molecule has 7 nitrogen and oxygen atoms in total. The monoisotopic (exact) mass is 266 g/mol. The van der Waals surface area contributed by atoms with E-state index in [1.165, 1.54) is 0 Å². The van der Waals surface area contributed by atoms with Gasteiger partial charge in [-0.05, 0) is 6.07 Å². The van der Waals surface area contributed by atoms with Crippen LogP contribution in [-0.4, -0.2) is 60.6 Å². The largest absolute Gasteiger partial charge is 0.471 e. The van der Waals surface area contributed by atoms with Gasteiger partial charge in [-0.25, -0.2) is 4.79 Å². The second kappa shape index (κ2) is 6.89. The highest BCUT2D eigenvalue weighted by molar-refractivity contribution is 5.74. The molecule has 0 bridgehead atoms. The van der Waals surface area contributed by atoms with E-state index in [0.717, 1.165) is 6.42 Å². The standard InChI is InChI=1S/C12H18N4O3/c1-18-8-6-13-12(17)16-7-4-10(9-16)19-11-3-2-5-14-15-11/h2-3,5,10H,4,6-9H2,1H3,(H,13,17)/t10-/m1/s1. The molecule has 1 atom stereocenters. The van der Waals surface area contributed by atoms with E-state index in [9.17, 15) is 4.79 Å². The summed E-state index contributed by atoms with van der Waals surface area (Å²) in [6.07, 6.45) is 2.37. The van der Waals surface area contributed by atoms with Gasteiger partial charge >= 0.3 is 6.03 Å². The van der Waals surface area contributed by atoms with Gasteiger partial charge in [-0.2, -0.15) is 5.10 Å². The third-order valence-electron chi connectivity index (χ3n) is 2.85. The summed E-state index contributed by atoms with van der Waals surface area (Å²) in [4.78, 5) is 13.5. The van der Waals surface area contributed by atoms with Crippen LogP contribution in [0.4, 0.5) is 4.79 Å². The lowest BCUT2D eigenvalue weighted by molar-refractivity contribution is 0.173. The summed E-state index contributed by atoms with van der Waals surface area (Å²) in [5.74, 6) is 0.495. The molecule has 19 heavy (non-hydrogen) atoms. The Hall–Kier alpha value is -1.89. The van der Waals surface area contributed by atoms with Crippen molar-refractivity contribution in [2.75, 3.05) is 33.4 Å². The first-order chi connectivity index (χ1) is 9.29. The molecule has 1 aromatic rings. The van der Waals surface area contributed by atoms with Gasteiger partial charge in [0.25, 0.3) is 0 Å². The van der Waals surface area contributed by atoms with Crippen molar-refractivity contribution in [3.05, 3.63) is 18.3 Å². The third kappa shape index (κ3) is 4.06. The minimum atomic E-state index is -0.0812. The molecular formula is C12H18N4O3. The van der Waals surface area contributed by atoms with Gasteiger partial charge in [0, 0.05) is 38.9 Å². The van der Waals surface area contributed by atoms with E-state index < -0.39 is 0 Å². The van der Waals surface area contributed by atoms with Crippen LogP contribution in [0.1, 0.15) is 6.42 Å². The van der Waals surface area contributed by atoms with E-state index in [-0.39, 0.29) is 12.1 Å². The lowest BCUT2D eigenvalue weighted by Gasteiger charge is -2.17. The van der Waals surface area contributed by atoms with Crippen LogP contribution in [0, 0.1) is 0 Å². The van der Waals surface area contributed by atoms with E-state index in [2.05, 4.69) is 15.5 Å². The number of nitrogens with zero attached hydrogens (tertiary/aromatic N) is 3. The number of hydrogen-bond donors (Lipinski definition) is 1. The lowest BCUT2D eigenvalue weighted by Crippen LogP contribution is -2.40. The Labute approximate surface area is 111 Å². The highest BCUT2D eigenvalue weighted by atomic mass is 16.5. The molecule has 0 unspecified atom stereocenters. The van der Waals surface area contributed by atoms with Gasteiger partial charge in [0.1, 0.15) is 6.10 Å². The molecule has 0 spiro atoms. The molecule has 1 aromatic heterocycles. The lowest BCUT2D eigenvalue weighted by atomic mass is 10.3. The molecule has 1 aliphatic rings. The normalized spacial score (nSPS) is 18.4. The van der Waals surface area contributed by atoms with Crippen LogP contribution >= 0.6 is 0 Å². The number of hydrogen-bond acceptors (Lipinski definition) is 5. The van der Waals surface area contributed by atoms with E-state index in [4.69, 9.17) is 9.47 Å². The number of amides is 2. The van der Waals surface area contributed by atoms with Crippen molar-refractivity contribution >= 4 is 6.03 Å². The van der Waals surface area contributed by atoms with Crippen LogP contribution in [0.15, 0.2) is 18.3 Å². The molecule has 0 aliphatic carbocycles. The predicted octanol–water partition coefficient (Wildman–Crippen LogP) is 0.286. The summed E-state index contributed by atoms with van der Waals surface area (Å²) in [6.45, 7) is 2.28. The van der Waals surface area contributed by atoms with Crippen LogP contribution < -0.4 is 10.1 Å². The molecule has 1 fully saturated rings. The Morgan fingerprint density at radius 2 is 2.53 bits per heavy atom. The maximum Gasteiger partial charge on any atom is 0.317 e. The fourth-order valence-electron chi connectivity index (χ4n) is 1.90. The first-order valence-corrected chi connectivity index (χ1v) is 6.25. The Balaban J connectivity index is 1.75. The van der Waals surface area contributed by atoms with Gasteiger partial charge in [0.05, 0.1) is 13.2 Å². The Kier molecular flexibility index (Phi) is 4.91. The molecule has 2 amide bonds. The predicted molar refractivity (Wildman–Crippen MR) is 67.9 cm³/mol. The molecule has 2 rings (SSSR count). The minimum absolute atomic E-state index is 0.0233. The zero-order valence-corrected chi connectivity index (χ0v) is 10.9. The van der Waals surface area contributed by atoms with Crippen molar-refractivity contribution in [3.63, 3.8) is 0 Å². The Bertz CT molecular complexity index is 401. The summed E-state index contributed by atoms with van der Waals surface area (Å²) in [5, 5.41) is 10.4. The quantitative estimate of drug-likeness (QED) is 0.775. The first-order valence-electron chi connectivity index (χ1n) is 6.25. The first kappa shape index (κ1) is 13.5. The van der Waals surface area contributed by atoms with Crippen LogP contribution in [0.25, 0.3) is 0 Å². The maximum atomic E-state index is 11.8. The number of likely N-dealkylation sites (tertiary alicyclic amines) is 1. The van der Waals surface area contributed by atoms with E-state index in [1.54, 1.807) is 30.3 Å². The van der Waals surface area contributed by atoms with Crippen LogP contribution in [0.5, 0.6) is 5.88 Å². The molecule has 0 radical (unpaired) electrons. The molecule has 104 valence electrons. The Morgan fingerprint density at radius 1 is 1.63 bits per heavy atom. The zero-order valence-electron chi connectivity index (χ0n) is 10.9. The number of ether oxygens (including phenoxy) is 2. The SMILES string of the molecule is COCCNC(=O)N1CC[C@@H](Oc2cccnn2)C1. The number of aromatic nitrogens is 2. The second-order valence-corrected chi connectivity index (χ2v) is 4.26. The van der Waals surface area contributed by atoms with E-state index in [1.807, 2.05) is 0 Å². The molecular weight excluding hydrogens is 248 g/mol. The van der Waals surface area contributed by atoms with Gasteiger partial charge in [-0.15, -0.1) is 5.10 Å². The highest BCUT2D eigenvalue weighted by Crippen LogP contribution is 2.15. The summed E-state index contributed by atoms with van der Waals surface area (Å²) >= 11 is 0. The van der Waals surface area contributed by atoms with Gasteiger partial charge in [0.15, 0.2) is 0 Å². The molecule has 0 saturated carbocycles. The average molecular weight is 266 g/mol. The van der Waals surface area contributed by atoms with Gasteiger partial charge in [-0.1, -0.05) is 0 Å². The molecule has 1 aliphatic heterocycles. The molecule has 0 aromatic carbocycles. The second-order valence-electron chi connectivity index (χ2n) is 4.26. The summed E-state index contributed by atoms with van der Waals surface area (Å²) < 4.78 is 10.5. The van der Waals surface area contributed by atoms with Crippen molar-refractivity contribution in [1.82, 2.24) is 20.4 Å². The van der Waals surface area contributed by atoms with E-state index in [0.29, 0.717) is 32.1 Å². The number of methoxy groups -OCH3 is 1. The third-order valence-corrected chi connectivity index (χ3v) is 2.85. The van der Waals surface area contributed by atoms with Crippen molar-refractivity contribution < 1.29 is 14.3 Å². The fraction of sp³-hybridized carbons (Fsp3) is 0.583. The smallest absolute Gasteiger partial charge is 0.317 e. The van der Waals surface area contributed by atoms with Gasteiger partial charge in [0.2, 0.25) is 5.88 Å². The number of carbonyl (C=O) groups is 1. The summed E-state index contributed by atoms with van der Waals surface area (Å²) in [7, 11) is 1.60. The number of rotatable bonds is 5. The molecule has 7 heteroatoms. The fourth-order valence-corrected chi connectivity index (χ4v) is 1.90. The van der Waals surface area contributed by atoms with Crippen LogP contribution in [0.3, 0.4) is 0 Å². The number of urea groups is 1. The van der Waals surface area contributed by atoms with Crippen molar-refractivity contribution in [2.45, 2.75) is 12.5 Å². The number of carbonyl (C=O) groups excluding carboxylic acids is 1. The minimum Gasteiger partial charge on any atom is -0.471 e. The zero-order chi connectivity index (χ0) is 13.5. The molecule has 2 heterocycles.